The number of carbonyl (C=O) groups is 8. The van der Waals surface area contributed by atoms with Crippen LogP contribution in [0.4, 0.5) is 18.0 Å². The van der Waals surface area contributed by atoms with Crippen molar-refractivity contribution in [3.63, 3.8) is 0 Å². The highest BCUT2D eigenvalue weighted by atomic mass is 19.4. The van der Waals surface area contributed by atoms with Crippen LogP contribution in [0, 0.1) is 0 Å². The second-order valence-electron chi connectivity index (χ2n) is 11.8. The Balaban J connectivity index is 5.53. The Hall–Kier alpha value is -4.65. The fraction of sp³-hybridized carbons (Fsp3) is 0.724. The van der Waals surface area contributed by atoms with E-state index in [-0.39, 0.29) is 32.2 Å². The third-order valence-electron chi connectivity index (χ3n) is 6.37. The van der Waals surface area contributed by atoms with Gasteiger partial charge >= 0.3 is 30.1 Å². The molecule has 0 fully saturated rings. The van der Waals surface area contributed by atoms with Crippen LogP contribution in [0.15, 0.2) is 0 Å². The number of alkyl halides is 3. The van der Waals surface area contributed by atoms with Gasteiger partial charge in [-0.25, -0.2) is 14.4 Å². The van der Waals surface area contributed by atoms with Gasteiger partial charge in [0.05, 0.1) is 14.2 Å². The number of unbranched alkanes of at least 4 members (excludes halogenated alkanes) is 1. The van der Waals surface area contributed by atoms with E-state index in [1.54, 1.807) is 26.1 Å². The zero-order valence-corrected chi connectivity index (χ0v) is 28.8. The zero-order valence-electron chi connectivity index (χ0n) is 28.8. The molecule has 0 bridgehead atoms. The van der Waals surface area contributed by atoms with Crippen molar-refractivity contribution in [1.29, 1.82) is 0 Å². The average Bonchev–Trinajstić information content (AvgIpc) is 2.99. The number of hydrogen-bond donors (Lipinski definition) is 6. The molecular formula is C29H47F3N6O11. The van der Waals surface area contributed by atoms with Crippen molar-refractivity contribution in [3.8, 4) is 0 Å². The molecule has 0 aliphatic rings. The van der Waals surface area contributed by atoms with Gasteiger partial charge < -0.3 is 46.1 Å². The fourth-order valence-corrected chi connectivity index (χ4v) is 3.78. The number of hydrogen-bond acceptors (Lipinski definition) is 11. The van der Waals surface area contributed by atoms with Gasteiger partial charge in [0.2, 0.25) is 23.6 Å². The monoisotopic (exact) mass is 712 g/mol. The lowest BCUT2D eigenvalue weighted by Crippen LogP contribution is -2.54. The largest absolute Gasteiger partial charge is 0.471 e. The predicted molar refractivity (Wildman–Crippen MR) is 164 cm³/mol. The quantitative estimate of drug-likeness (QED) is 0.0621. The van der Waals surface area contributed by atoms with Crippen LogP contribution >= 0.6 is 0 Å². The maximum atomic E-state index is 13.1. The summed E-state index contributed by atoms with van der Waals surface area (Å²) in [5.41, 5.74) is -0.840. The number of nitrogens with one attached hydrogen (secondary N) is 6. The van der Waals surface area contributed by atoms with Crippen LogP contribution in [-0.4, -0.2) is 110 Å². The third-order valence-corrected chi connectivity index (χ3v) is 6.37. The van der Waals surface area contributed by atoms with Crippen molar-refractivity contribution >= 4 is 47.6 Å². The Morgan fingerprint density at radius 1 is 0.633 bits per heavy atom. The fourth-order valence-electron chi connectivity index (χ4n) is 3.78. The summed E-state index contributed by atoms with van der Waals surface area (Å²) in [6.45, 7) is 8.45. The van der Waals surface area contributed by atoms with E-state index >= 15 is 0 Å². The molecule has 0 aromatic carbocycles. The Morgan fingerprint density at radius 2 is 1.16 bits per heavy atom. The SMILES string of the molecule is COC(=O)C(C)NC(=O)C(C)NC(=O)C(CCCCNC(=O)C(F)(F)F)NC(=O)CC[C@@H](NC(=O)[C@H](C)NC(=O)OC(C)(C)C)C(=O)OC. The number of halogens is 3. The molecule has 0 spiro atoms. The standard InChI is InChI=1S/C29H47F3N6O11/c1-15(21(40)35-17(3)24(43)47-7)34-23(42)18(11-9-10-14-33-26(45)29(30,31)32)37-20(39)13-12-19(25(44)48-8)38-22(41)16(2)36-27(46)49-28(4,5)6/h15-19H,9-14H2,1-8H3,(H,33,45)(H,34,42)(H,35,40)(H,36,46)(H,37,39)(H,38,41)/t15?,16-,17?,18?,19+/m0/s1. The number of alkyl carbamates (subject to hydrolysis) is 1. The minimum atomic E-state index is -5.08. The zero-order chi connectivity index (χ0) is 38.1. The molecule has 0 aromatic heterocycles. The maximum Gasteiger partial charge on any atom is 0.471 e. The van der Waals surface area contributed by atoms with Crippen molar-refractivity contribution < 1.29 is 65.7 Å². The first-order valence-electron chi connectivity index (χ1n) is 15.2. The third kappa shape index (κ3) is 18.5. The highest BCUT2D eigenvalue weighted by Crippen LogP contribution is 2.14. The number of carbonyl (C=O) groups excluding carboxylic acids is 8. The second kappa shape index (κ2) is 20.7. The van der Waals surface area contributed by atoms with Crippen molar-refractivity contribution in [2.45, 2.75) is 116 Å². The lowest BCUT2D eigenvalue weighted by Gasteiger charge is -2.24. The topological polar surface area (TPSA) is 236 Å². The summed E-state index contributed by atoms with van der Waals surface area (Å²) < 4.78 is 51.6. The molecule has 49 heavy (non-hydrogen) atoms. The maximum absolute atomic E-state index is 13.1. The van der Waals surface area contributed by atoms with Gasteiger partial charge in [0.25, 0.3) is 0 Å². The molecule has 0 rings (SSSR count). The van der Waals surface area contributed by atoms with E-state index in [4.69, 9.17) is 9.47 Å². The first kappa shape index (κ1) is 44.4. The summed E-state index contributed by atoms with van der Waals surface area (Å²) in [7, 11) is 2.16. The minimum absolute atomic E-state index is 0.0138. The van der Waals surface area contributed by atoms with E-state index in [2.05, 4.69) is 31.3 Å². The Labute approximate surface area is 281 Å². The van der Waals surface area contributed by atoms with Crippen molar-refractivity contribution in [2.24, 2.45) is 0 Å². The molecule has 3 unspecified atom stereocenters. The molecule has 0 saturated heterocycles. The molecule has 280 valence electrons. The first-order valence-corrected chi connectivity index (χ1v) is 15.2. The summed E-state index contributed by atoms with van der Waals surface area (Å²) in [4.78, 5) is 98.0. The molecular weight excluding hydrogens is 665 g/mol. The van der Waals surface area contributed by atoms with Gasteiger partial charge in [-0.2, -0.15) is 13.2 Å². The van der Waals surface area contributed by atoms with Gasteiger partial charge in [0.1, 0.15) is 35.8 Å². The van der Waals surface area contributed by atoms with Gasteiger partial charge in [-0.3, -0.25) is 24.0 Å². The van der Waals surface area contributed by atoms with E-state index in [0.29, 0.717) is 0 Å². The van der Waals surface area contributed by atoms with Crippen molar-refractivity contribution in [1.82, 2.24) is 31.9 Å². The summed E-state index contributed by atoms with van der Waals surface area (Å²) in [5.74, 6) is -7.01. The van der Waals surface area contributed by atoms with Gasteiger partial charge in [0.15, 0.2) is 0 Å². The van der Waals surface area contributed by atoms with E-state index in [1.807, 2.05) is 0 Å². The predicted octanol–water partition coefficient (Wildman–Crippen LogP) is -0.146. The Morgan fingerprint density at radius 3 is 1.69 bits per heavy atom. The normalized spacial score (nSPS) is 14.3. The number of ether oxygens (including phenoxy) is 3. The molecule has 6 amide bonds. The Kier molecular flexibility index (Phi) is 18.7. The molecule has 0 saturated carbocycles. The lowest BCUT2D eigenvalue weighted by molar-refractivity contribution is -0.173. The van der Waals surface area contributed by atoms with E-state index in [1.165, 1.54) is 20.8 Å². The molecule has 6 N–H and O–H groups in total. The van der Waals surface area contributed by atoms with Crippen LogP contribution in [0.5, 0.6) is 0 Å². The average molecular weight is 713 g/mol. The second-order valence-corrected chi connectivity index (χ2v) is 11.8. The smallest absolute Gasteiger partial charge is 0.467 e. The lowest BCUT2D eigenvalue weighted by atomic mass is 10.1. The molecule has 0 aliphatic heterocycles. The number of rotatable bonds is 18. The van der Waals surface area contributed by atoms with Gasteiger partial charge in [-0.1, -0.05) is 0 Å². The highest BCUT2D eigenvalue weighted by molar-refractivity contribution is 5.93. The van der Waals surface area contributed by atoms with Crippen LogP contribution in [0.25, 0.3) is 0 Å². The number of amides is 6. The molecule has 20 heteroatoms. The summed E-state index contributed by atoms with van der Waals surface area (Å²) in [5, 5.41) is 13.5. The Bertz CT molecular complexity index is 1190. The minimum Gasteiger partial charge on any atom is -0.467 e. The first-order chi connectivity index (χ1) is 22.5. The molecule has 17 nitrogen and oxygen atoms in total. The summed E-state index contributed by atoms with van der Waals surface area (Å²) in [6, 6.07) is -6.09. The van der Waals surface area contributed by atoms with Gasteiger partial charge in [-0.05, 0) is 67.2 Å². The summed E-state index contributed by atoms with van der Waals surface area (Å²) >= 11 is 0. The van der Waals surface area contributed by atoms with Crippen molar-refractivity contribution in [2.75, 3.05) is 20.8 Å². The van der Waals surface area contributed by atoms with Crippen LogP contribution in [0.3, 0.4) is 0 Å². The van der Waals surface area contributed by atoms with Crippen LogP contribution in [0.2, 0.25) is 0 Å². The number of methoxy groups -OCH3 is 2. The van der Waals surface area contributed by atoms with E-state index < -0.39 is 96.0 Å². The molecule has 0 radical (unpaired) electrons. The summed E-state index contributed by atoms with van der Waals surface area (Å²) in [6.07, 6.45) is -6.83. The molecule has 0 aliphatic carbocycles. The van der Waals surface area contributed by atoms with Crippen molar-refractivity contribution in [3.05, 3.63) is 0 Å². The van der Waals surface area contributed by atoms with Gasteiger partial charge in [-0.15, -0.1) is 0 Å². The van der Waals surface area contributed by atoms with E-state index in [9.17, 15) is 51.5 Å². The van der Waals surface area contributed by atoms with Crippen LogP contribution < -0.4 is 31.9 Å². The molecule has 0 heterocycles. The van der Waals surface area contributed by atoms with Crippen LogP contribution in [-0.2, 0) is 47.8 Å². The van der Waals surface area contributed by atoms with Gasteiger partial charge in [0, 0.05) is 13.0 Å². The highest BCUT2D eigenvalue weighted by Gasteiger charge is 2.38. The molecule has 0 aromatic rings. The van der Waals surface area contributed by atoms with E-state index in [0.717, 1.165) is 14.2 Å². The molecule has 5 atom stereocenters. The number of esters is 2. The van der Waals surface area contributed by atoms with Crippen LogP contribution in [0.1, 0.15) is 73.6 Å².